The van der Waals surface area contributed by atoms with E-state index in [-0.39, 0.29) is 12.1 Å². The van der Waals surface area contributed by atoms with Crippen molar-refractivity contribution in [3.8, 4) is 0 Å². The number of aliphatic hydroxyl groups is 1. The van der Waals surface area contributed by atoms with E-state index < -0.39 is 0 Å². The monoisotopic (exact) mass is 282 g/mol. The van der Waals surface area contributed by atoms with Gasteiger partial charge in [-0.05, 0) is 65.8 Å². The highest BCUT2D eigenvalue weighted by Crippen LogP contribution is 2.26. The summed E-state index contributed by atoms with van der Waals surface area (Å²) in [7, 11) is 0. The van der Waals surface area contributed by atoms with E-state index in [0.29, 0.717) is 6.04 Å². The first-order chi connectivity index (χ1) is 9.54. The lowest BCUT2D eigenvalue weighted by molar-refractivity contribution is 0.0983. The van der Waals surface area contributed by atoms with E-state index in [2.05, 4.69) is 31.0 Å². The van der Waals surface area contributed by atoms with Gasteiger partial charge in [-0.25, -0.2) is 0 Å². The normalized spacial score (nSPS) is 31.2. The molecule has 3 heteroatoms. The van der Waals surface area contributed by atoms with Crippen molar-refractivity contribution in [3.05, 3.63) is 0 Å². The highest BCUT2D eigenvalue weighted by atomic mass is 16.3. The fraction of sp³-hybridized carbons (Fsp3) is 1.00. The van der Waals surface area contributed by atoms with Gasteiger partial charge in [0.15, 0.2) is 0 Å². The van der Waals surface area contributed by atoms with E-state index >= 15 is 0 Å². The van der Waals surface area contributed by atoms with Crippen molar-refractivity contribution >= 4 is 0 Å². The predicted octanol–water partition coefficient (Wildman–Crippen LogP) is 2.92. The Morgan fingerprint density at radius 2 is 1.75 bits per heavy atom. The number of hydrogen-bond acceptors (Lipinski definition) is 3. The Morgan fingerprint density at radius 3 is 2.30 bits per heavy atom. The van der Waals surface area contributed by atoms with Gasteiger partial charge in [-0.2, -0.15) is 0 Å². The summed E-state index contributed by atoms with van der Waals surface area (Å²) in [5.74, 6) is 0. The molecule has 2 aliphatic rings. The van der Waals surface area contributed by atoms with Crippen LogP contribution in [-0.2, 0) is 0 Å². The predicted molar refractivity (Wildman–Crippen MR) is 85.0 cm³/mol. The highest BCUT2D eigenvalue weighted by Gasteiger charge is 2.31. The van der Waals surface area contributed by atoms with E-state index in [1.807, 2.05) is 0 Å². The Hall–Kier alpha value is -0.120. The molecule has 2 fully saturated rings. The molecular weight excluding hydrogens is 248 g/mol. The molecule has 0 radical (unpaired) electrons. The molecule has 1 unspecified atom stereocenters. The van der Waals surface area contributed by atoms with Gasteiger partial charge in [-0.1, -0.05) is 12.8 Å². The van der Waals surface area contributed by atoms with E-state index in [1.54, 1.807) is 0 Å². The first-order valence-corrected chi connectivity index (χ1v) is 8.68. The molecule has 2 rings (SSSR count). The Labute approximate surface area is 125 Å². The number of likely N-dealkylation sites (tertiary alicyclic amines) is 1. The first kappa shape index (κ1) is 16.3. The zero-order valence-electron chi connectivity index (χ0n) is 13.7. The van der Waals surface area contributed by atoms with Gasteiger partial charge in [0, 0.05) is 23.7 Å². The number of nitrogens with one attached hydrogen (secondary N) is 1. The maximum atomic E-state index is 9.62. The van der Waals surface area contributed by atoms with Gasteiger partial charge in [0.05, 0.1) is 6.61 Å². The SMILES string of the molecule is C[C@@H]1CCC[C@H](C)N1CCCCC(C)(CO)NC1CC1. The second kappa shape index (κ2) is 7.24. The van der Waals surface area contributed by atoms with Crippen molar-refractivity contribution in [2.24, 2.45) is 0 Å². The third-order valence-corrected chi connectivity index (χ3v) is 5.25. The highest BCUT2D eigenvalue weighted by molar-refractivity contribution is 4.92. The molecule has 20 heavy (non-hydrogen) atoms. The smallest absolute Gasteiger partial charge is 0.0610 e. The summed E-state index contributed by atoms with van der Waals surface area (Å²) in [4.78, 5) is 2.69. The minimum absolute atomic E-state index is 0.0553. The van der Waals surface area contributed by atoms with E-state index in [9.17, 15) is 5.11 Å². The molecule has 1 aliphatic heterocycles. The second-order valence-corrected chi connectivity index (χ2v) is 7.46. The maximum absolute atomic E-state index is 9.62. The standard InChI is InChI=1S/C17H34N2O/c1-14-7-6-8-15(2)19(14)12-5-4-11-17(3,13-20)18-16-9-10-16/h14-16,18,20H,4-13H2,1-3H3/t14-,15+,17?. The lowest BCUT2D eigenvalue weighted by Gasteiger charge is -2.39. The molecule has 1 heterocycles. The third kappa shape index (κ3) is 4.71. The van der Waals surface area contributed by atoms with Crippen LogP contribution in [0, 0.1) is 0 Å². The van der Waals surface area contributed by atoms with Gasteiger partial charge < -0.3 is 10.4 Å². The summed E-state index contributed by atoms with van der Waals surface area (Å²) >= 11 is 0. The number of hydrogen-bond donors (Lipinski definition) is 2. The minimum atomic E-state index is -0.0553. The van der Waals surface area contributed by atoms with E-state index in [4.69, 9.17) is 0 Å². The molecule has 0 aromatic rings. The summed E-state index contributed by atoms with van der Waals surface area (Å²) < 4.78 is 0. The minimum Gasteiger partial charge on any atom is -0.394 e. The Kier molecular flexibility index (Phi) is 5.88. The summed E-state index contributed by atoms with van der Waals surface area (Å²) in [6.07, 6.45) is 10.3. The zero-order chi connectivity index (χ0) is 14.6. The molecular formula is C17H34N2O. The van der Waals surface area contributed by atoms with Gasteiger partial charge in [0.2, 0.25) is 0 Å². The van der Waals surface area contributed by atoms with Crippen molar-refractivity contribution in [1.82, 2.24) is 10.2 Å². The largest absolute Gasteiger partial charge is 0.394 e. The Bertz CT molecular complexity index is 283. The molecule has 3 atom stereocenters. The van der Waals surface area contributed by atoms with Crippen LogP contribution in [0.25, 0.3) is 0 Å². The average Bonchev–Trinajstić information content (AvgIpc) is 3.21. The lowest BCUT2D eigenvalue weighted by atomic mass is 9.94. The van der Waals surface area contributed by atoms with Crippen LogP contribution in [0.15, 0.2) is 0 Å². The molecule has 118 valence electrons. The van der Waals surface area contributed by atoms with Gasteiger partial charge in [0.25, 0.3) is 0 Å². The third-order valence-electron chi connectivity index (χ3n) is 5.25. The summed E-state index contributed by atoms with van der Waals surface area (Å²) in [6, 6.07) is 2.19. The van der Waals surface area contributed by atoms with Crippen LogP contribution in [0.3, 0.4) is 0 Å². The second-order valence-electron chi connectivity index (χ2n) is 7.46. The fourth-order valence-electron chi connectivity index (χ4n) is 3.64. The summed E-state index contributed by atoms with van der Waals surface area (Å²) in [6.45, 7) is 8.43. The number of nitrogens with zero attached hydrogens (tertiary/aromatic N) is 1. The maximum Gasteiger partial charge on any atom is 0.0610 e. The first-order valence-electron chi connectivity index (χ1n) is 8.68. The van der Waals surface area contributed by atoms with Crippen molar-refractivity contribution < 1.29 is 5.11 Å². The van der Waals surface area contributed by atoms with Crippen LogP contribution < -0.4 is 5.32 Å². The fourth-order valence-corrected chi connectivity index (χ4v) is 3.64. The summed E-state index contributed by atoms with van der Waals surface area (Å²) in [5.41, 5.74) is -0.0553. The summed E-state index contributed by atoms with van der Waals surface area (Å²) in [5, 5.41) is 13.2. The van der Waals surface area contributed by atoms with Crippen LogP contribution in [-0.4, -0.2) is 46.8 Å². The average molecular weight is 282 g/mol. The molecule has 1 saturated carbocycles. The molecule has 0 aromatic heterocycles. The number of unbranched alkanes of at least 4 members (excludes halogenated alkanes) is 1. The quantitative estimate of drug-likeness (QED) is 0.672. The van der Waals surface area contributed by atoms with Gasteiger partial charge >= 0.3 is 0 Å². The van der Waals surface area contributed by atoms with Crippen LogP contribution in [0.4, 0.5) is 0 Å². The Morgan fingerprint density at radius 1 is 1.10 bits per heavy atom. The number of piperidine rings is 1. The van der Waals surface area contributed by atoms with Crippen molar-refractivity contribution in [1.29, 1.82) is 0 Å². The van der Waals surface area contributed by atoms with Crippen molar-refractivity contribution in [2.75, 3.05) is 13.2 Å². The van der Waals surface area contributed by atoms with Gasteiger partial charge in [-0.3, -0.25) is 4.90 Å². The Balaban J connectivity index is 1.66. The topological polar surface area (TPSA) is 35.5 Å². The molecule has 0 bridgehead atoms. The van der Waals surface area contributed by atoms with Crippen molar-refractivity contribution in [3.63, 3.8) is 0 Å². The van der Waals surface area contributed by atoms with Crippen LogP contribution >= 0.6 is 0 Å². The number of aliphatic hydroxyl groups excluding tert-OH is 1. The van der Waals surface area contributed by atoms with Crippen LogP contribution in [0.1, 0.15) is 72.1 Å². The molecule has 1 saturated heterocycles. The molecule has 2 N–H and O–H groups in total. The van der Waals surface area contributed by atoms with Crippen molar-refractivity contribution in [2.45, 2.75) is 95.8 Å². The van der Waals surface area contributed by atoms with Crippen LogP contribution in [0.2, 0.25) is 0 Å². The molecule has 1 aliphatic carbocycles. The van der Waals surface area contributed by atoms with E-state index in [0.717, 1.165) is 18.5 Å². The van der Waals surface area contributed by atoms with Gasteiger partial charge in [0.1, 0.15) is 0 Å². The molecule has 0 spiro atoms. The molecule has 0 aromatic carbocycles. The molecule has 3 nitrogen and oxygen atoms in total. The van der Waals surface area contributed by atoms with Gasteiger partial charge in [-0.15, -0.1) is 0 Å². The lowest BCUT2D eigenvalue weighted by Crippen LogP contribution is -2.47. The zero-order valence-corrected chi connectivity index (χ0v) is 13.7. The molecule has 0 amide bonds. The van der Waals surface area contributed by atoms with E-state index in [1.165, 1.54) is 51.5 Å². The number of rotatable bonds is 8. The van der Waals surface area contributed by atoms with Crippen LogP contribution in [0.5, 0.6) is 0 Å².